The van der Waals surface area contributed by atoms with Crippen LogP contribution in [-0.2, 0) is 0 Å². The van der Waals surface area contributed by atoms with Gasteiger partial charge in [0.15, 0.2) is 11.7 Å². The highest BCUT2D eigenvalue weighted by Crippen LogP contribution is 2.36. The largest absolute Gasteiger partial charge is 0.409 e. The molecule has 1 aromatic rings. The molecule has 1 aliphatic rings. The summed E-state index contributed by atoms with van der Waals surface area (Å²) in [5.74, 6) is -0.477. The summed E-state index contributed by atoms with van der Waals surface area (Å²) in [6.45, 7) is 2.76. The number of benzene rings is 1. The van der Waals surface area contributed by atoms with Crippen LogP contribution in [0.4, 0.5) is 10.1 Å². The second-order valence-corrected chi connectivity index (χ2v) is 5.06. The number of hydrogen-bond acceptors (Lipinski definition) is 3. The van der Waals surface area contributed by atoms with Gasteiger partial charge in [-0.25, -0.2) is 4.39 Å². The fourth-order valence-electron chi connectivity index (χ4n) is 2.02. The molecule has 98 valence electrons. The van der Waals surface area contributed by atoms with Gasteiger partial charge in [-0.05, 0) is 47.8 Å². The zero-order valence-electron chi connectivity index (χ0n) is 10.0. The Hall–Kier alpha value is -1.30. The van der Waals surface area contributed by atoms with E-state index in [1.807, 2.05) is 11.8 Å². The lowest BCUT2D eigenvalue weighted by Gasteiger charge is -2.24. The number of hydrogen-bond donors (Lipinski definition) is 2. The minimum atomic E-state index is -0.368. The fourth-order valence-corrected chi connectivity index (χ4v) is 2.56. The third-order valence-electron chi connectivity index (χ3n) is 3.08. The summed E-state index contributed by atoms with van der Waals surface area (Å²) in [4.78, 5) is 2.04. The van der Waals surface area contributed by atoms with Gasteiger partial charge in [0.05, 0.1) is 10.2 Å². The summed E-state index contributed by atoms with van der Waals surface area (Å²) >= 11 is 3.17. The lowest BCUT2D eigenvalue weighted by molar-refractivity contribution is 0.318. The standard InChI is InChI=1S/C12H15BrFN3O/c1-2-17(7-3-4-7)9-6-5-8(12(15)16-18)10(13)11(9)14/h5-7,18H,2-4H2,1H3,(H2,15,16). The van der Waals surface area contributed by atoms with Gasteiger partial charge in [0, 0.05) is 18.2 Å². The molecule has 0 heterocycles. The van der Waals surface area contributed by atoms with Gasteiger partial charge in [-0.1, -0.05) is 5.16 Å². The minimum absolute atomic E-state index is 0.109. The monoisotopic (exact) mass is 315 g/mol. The van der Waals surface area contributed by atoms with Crippen molar-refractivity contribution in [2.75, 3.05) is 11.4 Å². The predicted octanol–water partition coefficient (Wildman–Crippen LogP) is 2.67. The highest BCUT2D eigenvalue weighted by molar-refractivity contribution is 9.10. The second-order valence-electron chi connectivity index (χ2n) is 4.26. The van der Waals surface area contributed by atoms with Gasteiger partial charge in [-0.2, -0.15) is 0 Å². The molecule has 2 rings (SSSR count). The number of oxime groups is 1. The van der Waals surface area contributed by atoms with Gasteiger partial charge in [-0.15, -0.1) is 0 Å². The average molecular weight is 316 g/mol. The Labute approximate surface area is 113 Å². The van der Waals surface area contributed by atoms with Crippen molar-refractivity contribution in [2.45, 2.75) is 25.8 Å². The van der Waals surface area contributed by atoms with E-state index in [-0.39, 0.29) is 16.1 Å². The van der Waals surface area contributed by atoms with E-state index in [4.69, 9.17) is 10.9 Å². The van der Waals surface area contributed by atoms with Gasteiger partial charge in [-0.3, -0.25) is 0 Å². The van der Waals surface area contributed by atoms with Crippen LogP contribution in [0.5, 0.6) is 0 Å². The summed E-state index contributed by atoms with van der Waals surface area (Å²) in [6, 6.07) is 3.77. The predicted molar refractivity (Wildman–Crippen MR) is 72.7 cm³/mol. The highest BCUT2D eigenvalue weighted by Gasteiger charge is 2.30. The maximum absolute atomic E-state index is 14.3. The van der Waals surface area contributed by atoms with E-state index in [1.165, 1.54) is 0 Å². The lowest BCUT2D eigenvalue weighted by Crippen LogP contribution is -2.26. The van der Waals surface area contributed by atoms with Gasteiger partial charge in [0.1, 0.15) is 0 Å². The zero-order valence-corrected chi connectivity index (χ0v) is 11.6. The first-order valence-corrected chi connectivity index (χ1v) is 6.62. The Kier molecular flexibility index (Phi) is 3.75. The molecule has 0 atom stereocenters. The smallest absolute Gasteiger partial charge is 0.171 e. The van der Waals surface area contributed by atoms with Crippen molar-refractivity contribution in [3.05, 3.63) is 28.0 Å². The molecule has 3 N–H and O–H groups in total. The molecule has 1 saturated carbocycles. The number of amidine groups is 1. The SMILES string of the molecule is CCN(c1ccc(/C(N)=N/O)c(Br)c1F)C1CC1. The molecule has 1 aromatic carbocycles. The molecule has 0 spiro atoms. The van der Waals surface area contributed by atoms with Crippen LogP contribution in [0.1, 0.15) is 25.3 Å². The summed E-state index contributed by atoms with van der Waals surface area (Å²) in [5, 5.41) is 11.5. The van der Waals surface area contributed by atoms with Crippen LogP contribution < -0.4 is 10.6 Å². The van der Waals surface area contributed by atoms with Crippen LogP contribution in [0.25, 0.3) is 0 Å². The van der Waals surface area contributed by atoms with Crippen LogP contribution in [0, 0.1) is 5.82 Å². The van der Waals surface area contributed by atoms with Crippen molar-refractivity contribution in [3.8, 4) is 0 Å². The van der Waals surface area contributed by atoms with E-state index in [0.717, 1.165) is 19.4 Å². The molecule has 6 heteroatoms. The summed E-state index contributed by atoms with van der Waals surface area (Å²) in [6.07, 6.45) is 2.21. The molecule has 1 fully saturated rings. The molecule has 1 aliphatic carbocycles. The first-order valence-electron chi connectivity index (χ1n) is 5.82. The lowest BCUT2D eigenvalue weighted by atomic mass is 10.1. The second kappa shape index (κ2) is 5.14. The zero-order chi connectivity index (χ0) is 13.3. The van der Waals surface area contributed by atoms with E-state index in [1.54, 1.807) is 12.1 Å². The third kappa shape index (κ3) is 2.29. The van der Waals surface area contributed by atoms with Gasteiger partial charge in [0.2, 0.25) is 0 Å². The van der Waals surface area contributed by atoms with E-state index in [9.17, 15) is 4.39 Å². The quantitative estimate of drug-likeness (QED) is 0.388. The summed E-state index contributed by atoms with van der Waals surface area (Å²) in [7, 11) is 0. The number of nitrogens with two attached hydrogens (primary N) is 1. The molecule has 0 amide bonds. The Morgan fingerprint density at radius 1 is 1.61 bits per heavy atom. The molecule has 0 saturated heterocycles. The molecule has 0 aromatic heterocycles. The first kappa shape index (κ1) is 13.1. The molecule has 0 radical (unpaired) electrons. The molecule has 4 nitrogen and oxygen atoms in total. The molecular weight excluding hydrogens is 301 g/mol. The highest BCUT2D eigenvalue weighted by atomic mass is 79.9. The molecular formula is C12H15BrFN3O. The Bertz CT molecular complexity index is 488. The van der Waals surface area contributed by atoms with Crippen molar-refractivity contribution >= 4 is 27.5 Å². The number of halogens is 2. The Morgan fingerprint density at radius 3 is 2.78 bits per heavy atom. The van der Waals surface area contributed by atoms with Crippen molar-refractivity contribution in [1.29, 1.82) is 0 Å². The van der Waals surface area contributed by atoms with Crippen molar-refractivity contribution < 1.29 is 9.60 Å². The topological polar surface area (TPSA) is 61.8 Å². The normalized spacial score (nSPS) is 15.8. The Morgan fingerprint density at radius 2 is 2.28 bits per heavy atom. The third-order valence-corrected chi connectivity index (χ3v) is 3.86. The van der Waals surface area contributed by atoms with E-state index in [2.05, 4.69) is 21.1 Å². The maximum Gasteiger partial charge on any atom is 0.171 e. The van der Waals surface area contributed by atoms with E-state index in [0.29, 0.717) is 17.3 Å². The van der Waals surface area contributed by atoms with E-state index < -0.39 is 0 Å². The van der Waals surface area contributed by atoms with E-state index >= 15 is 0 Å². The average Bonchev–Trinajstić information content (AvgIpc) is 3.19. The van der Waals surface area contributed by atoms with Crippen molar-refractivity contribution in [2.24, 2.45) is 10.9 Å². The number of anilines is 1. The minimum Gasteiger partial charge on any atom is -0.409 e. The van der Waals surface area contributed by atoms with Gasteiger partial charge < -0.3 is 15.8 Å². The summed E-state index contributed by atoms with van der Waals surface area (Å²) in [5.41, 5.74) is 6.39. The number of nitrogens with zero attached hydrogens (tertiary/aromatic N) is 2. The van der Waals surface area contributed by atoms with Crippen LogP contribution in [0.2, 0.25) is 0 Å². The van der Waals surface area contributed by atoms with Crippen LogP contribution in [0.3, 0.4) is 0 Å². The van der Waals surface area contributed by atoms with Crippen LogP contribution >= 0.6 is 15.9 Å². The van der Waals surface area contributed by atoms with Crippen molar-refractivity contribution in [1.82, 2.24) is 0 Å². The molecule has 0 bridgehead atoms. The molecule has 18 heavy (non-hydrogen) atoms. The Balaban J connectivity index is 2.42. The summed E-state index contributed by atoms with van der Waals surface area (Å²) < 4.78 is 14.5. The molecule has 0 aliphatic heterocycles. The van der Waals surface area contributed by atoms with Gasteiger partial charge >= 0.3 is 0 Å². The van der Waals surface area contributed by atoms with Crippen LogP contribution in [-0.4, -0.2) is 23.6 Å². The van der Waals surface area contributed by atoms with Crippen LogP contribution in [0.15, 0.2) is 21.8 Å². The number of rotatable bonds is 4. The van der Waals surface area contributed by atoms with Gasteiger partial charge in [0.25, 0.3) is 0 Å². The van der Waals surface area contributed by atoms with Crippen molar-refractivity contribution in [3.63, 3.8) is 0 Å². The fraction of sp³-hybridized carbons (Fsp3) is 0.417. The molecule has 0 unspecified atom stereocenters. The maximum atomic E-state index is 14.3. The first-order chi connectivity index (χ1) is 8.60.